The monoisotopic (exact) mass is 492 g/mol. The molecule has 0 atom stereocenters. The summed E-state index contributed by atoms with van der Waals surface area (Å²) in [5, 5.41) is 6.01. The zero-order valence-electron chi connectivity index (χ0n) is 20.5. The van der Waals surface area contributed by atoms with Crippen LogP contribution in [0.3, 0.4) is 0 Å². The Kier molecular flexibility index (Phi) is 8.57. The lowest BCUT2D eigenvalue weighted by Crippen LogP contribution is -2.46. The molecule has 1 aromatic heterocycles. The average Bonchev–Trinajstić information content (AvgIpc) is 2.90. The topological polar surface area (TPSA) is 95.8 Å². The summed E-state index contributed by atoms with van der Waals surface area (Å²) in [6.07, 6.45) is 1.19. The molecule has 0 unspecified atom stereocenters. The lowest BCUT2D eigenvalue weighted by atomic mass is 10.2. The number of nitrogens with one attached hydrogen (secondary N) is 2. The summed E-state index contributed by atoms with van der Waals surface area (Å²) in [5.74, 6) is 1.36. The molecule has 2 heterocycles. The van der Waals surface area contributed by atoms with Crippen molar-refractivity contribution in [3.05, 3.63) is 72.0 Å². The molecule has 1 amide bonds. The predicted octanol–water partition coefficient (Wildman–Crippen LogP) is 3.96. The van der Waals surface area contributed by atoms with Crippen LogP contribution in [0.1, 0.15) is 18.4 Å². The van der Waals surface area contributed by atoms with Gasteiger partial charge in [0.15, 0.2) is 0 Å². The molecule has 0 spiro atoms. The fourth-order valence-electron chi connectivity index (χ4n) is 4.19. The van der Waals surface area contributed by atoms with Crippen molar-refractivity contribution in [2.45, 2.75) is 19.4 Å². The number of nitrogens with two attached hydrogens (primary N) is 1. The fraction of sp³-hybridized carbons (Fsp3) is 0.333. The SMILES string of the molecule is COc1cccc(N2CCN(CCCC(=O)Nc3ccc(NCc4ccc(F)cc4)nc3N)CC2)c1. The molecule has 1 fully saturated rings. The summed E-state index contributed by atoms with van der Waals surface area (Å²) in [7, 11) is 1.68. The standard InChI is InChI=1S/C27H33FN6O2/c1-36-23-5-2-4-22(18-23)34-16-14-33(15-17-34)13-3-6-26(35)31-24-11-12-25(32-27(24)29)30-19-20-7-9-21(28)10-8-20/h2,4-5,7-12,18H,3,6,13-17,19H2,1H3,(H,31,35)(H3,29,30,32). The van der Waals surface area contributed by atoms with E-state index in [1.54, 1.807) is 31.4 Å². The molecule has 190 valence electrons. The molecule has 0 radical (unpaired) electrons. The molecular formula is C27H33FN6O2. The van der Waals surface area contributed by atoms with Crippen LogP contribution in [0.2, 0.25) is 0 Å². The number of amides is 1. The van der Waals surface area contributed by atoms with Gasteiger partial charge in [0.1, 0.15) is 23.2 Å². The molecule has 9 heteroatoms. The number of piperazine rings is 1. The van der Waals surface area contributed by atoms with E-state index in [0.29, 0.717) is 24.5 Å². The number of anilines is 4. The highest BCUT2D eigenvalue weighted by atomic mass is 19.1. The van der Waals surface area contributed by atoms with Gasteiger partial charge in [0.2, 0.25) is 5.91 Å². The summed E-state index contributed by atoms with van der Waals surface area (Å²) in [6, 6.07) is 17.9. The van der Waals surface area contributed by atoms with Gasteiger partial charge < -0.3 is 26.0 Å². The Balaban J connectivity index is 1.16. The second kappa shape index (κ2) is 12.2. The first-order valence-electron chi connectivity index (χ1n) is 12.2. The number of carbonyl (C=O) groups is 1. The van der Waals surface area contributed by atoms with Crippen molar-refractivity contribution in [1.29, 1.82) is 0 Å². The normalized spacial score (nSPS) is 13.9. The molecule has 0 aliphatic carbocycles. The van der Waals surface area contributed by atoms with Gasteiger partial charge in [-0.25, -0.2) is 9.37 Å². The van der Waals surface area contributed by atoms with Crippen molar-refractivity contribution in [1.82, 2.24) is 9.88 Å². The van der Waals surface area contributed by atoms with Crippen LogP contribution in [0.4, 0.5) is 27.4 Å². The first-order chi connectivity index (χ1) is 17.5. The van der Waals surface area contributed by atoms with Crippen LogP contribution < -0.4 is 26.0 Å². The molecule has 1 aliphatic heterocycles. The van der Waals surface area contributed by atoms with Gasteiger partial charge in [-0.15, -0.1) is 0 Å². The minimum Gasteiger partial charge on any atom is -0.497 e. The minimum atomic E-state index is -0.270. The summed E-state index contributed by atoms with van der Waals surface area (Å²) >= 11 is 0. The Morgan fingerprint density at radius 1 is 1.08 bits per heavy atom. The Morgan fingerprint density at radius 3 is 2.58 bits per heavy atom. The molecule has 3 aromatic rings. The maximum Gasteiger partial charge on any atom is 0.224 e. The van der Waals surface area contributed by atoms with E-state index in [4.69, 9.17) is 10.5 Å². The molecule has 2 aromatic carbocycles. The number of aromatic nitrogens is 1. The molecular weight excluding hydrogens is 459 g/mol. The van der Waals surface area contributed by atoms with Crippen LogP contribution in [0.15, 0.2) is 60.7 Å². The lowest BCUT2D eigenvalue weighted by molar-refractivity contribution is -0.116. The van der Waals surface area contributed by atoms with Crippen molar-refractivity contribution in [2.75, 3.05) is 61.1 Å². The van der Waals surface area contributed by atoms with Crippen LogP contribution in [0, 0.1) is 5.82 Å². The number of methoxy groups -OCH3 is 1. The fourth-order valence-corrected chi connectivity index (χ4v) is 4.19. The van der Waals surface area contributed by atoms with Gasteiger partial charge in [-0.2, -0.15) is 0 Å². The van der Waals surface area contributed by atoms with Crippen LogP contribution >= 0.6 is 0 Å². The maximum absolute atomic E-state index is 13.0. The average molecular weight is 493 g/mol. The Bertz CT molecular complexity index is 1150. The predicted molar refractivity (Wildman–Crippen MR) is 142 cm³/mol. The second-order valence-corrected chi connectivity index (χ2v) is 8.79. The van der Waals surface area contributed by atoms with E-state index in [2.05, 4.69) is 37.6 Å². The van der Waals surface area contributed by atoms with Crippen molar-refractivity contribution in [3.63, 3.8) is 0 Å². The zero-order valence-corrected chi connectivity index (χ0v) is 20.5. The molecule has 8 nitrogen and oxygen atoms in total. The second-order valence-electron chi connectivity index (χ2n) is 8.79. The van der Waals surface area contributed by atoms with E-state index in [-0.39, 0.29) is 17.5 Å². The van der Waals surface area contributed by atoms with Gasteiger partial charge >= 0.3 is 0 Å². The summed E-state index contributed by atoms with van der Waals surface area (Å²) < 4.78 is 18.4. The first kappa shape index (κ1) is 25.2. The quantitative estimate of drug-likeness (QED) is 0.394. The Hall–Kier alpha value is -3.85. The van der Waals surface area contributed by atoms with Crippen LogP contribution in [-0.2, 0) is 11.3 Å². The number of nitrogen functional groups attached to an aromatic ring is 1. The third-order valence-corrected chi connectivity index (χ3v) is 6.25. The van der Waals surface area contributed by atoms with E-state index in [9.17, 15) is 9.18 Å². The first-order valence-corrected chi connectivity index (χ1v) is 12.2. The van der Waals surface area contributed by atoms with E-state index >= 15 is 0 Å². The lowest BCUT2D eigenvalue weighted by Gasteiger charge is -2.36. The van der Waals surface area contributed by atoms with E-state index in [0.717, 1.165) is 50.5 Å². The van der Waals surface area contributed by atoms with Gasteiger partial charge in [-0.1, -0.05) is 18.2 Å². The highest BCUT2D eigenvalue weighted by molar-refractivity contribution is 5.93. The number of carbonyl (C=O) groups excluding carboxylic acids is 1. The summed E-state index contributed by atoms with van der Waals surface area (Å²) in [4.78, 5) is 21.5. The van der Waals surface area contributed by atoms with Crippen molar-refractivity contribution >= 4 is 28.9 Å². The summed E-state index contributed by atoms with van der Waals surface area (Å²) in [5.41, 5.74) is 8.65. The smallest absolute Gasteiger partial charge is 0.224 e. The summed E-state index contributed by atoms with van der Waals surface area (Å²) in [6.45, 7) is 5.18. The molecule has 1 aliphatic rings. The number of rotatable bonds is 10. The minimum absolute atomic E-state index is 0.0782. The Labute approximate surface area is 211 Å². The number of benzene rings is 2. The van der Waals surface area contributed by atoms with Gasteiger partial charge in [-0.05, 0) is 54.9 Å². The molecule has 1 saturated heterocycles. The largest absolute Gasteiger partial charge is 0.497 e. The molecule has 36 heavy (non-hydrogen) atoms. The van der Waals surface area contributed by atoms with Gasteiger partial charge in [0.05, 0.1) is 12.8 Å². The zero-order chi connectivity index (χ0) is 25.3. The molecule has 0 saturated carbocycles. The van der Waals surface area contributed by atoms with Crippen molar-refractivity contribution in [3.8, 4) is 5.75 Å². The molecule has 0 bridgehead atoms. The van der Waals surface area contributed by atoms with Gasteiger partial charge in [0, 0.05) is 50.9 Å². The third-order valence-electron chi connectivity index (χ3n) is 6.25. The van der Waals surface area contributed by atoms with Crippen LogP contribution in [0.25, 0.3) is 0 Å². The number of hydrogen-bond donors (Lipinski definition) is 3. The van der Waals surface area contributed by atoms with E-state index < -0.39 is 0 Å². The highest BCUT2D eigenvalue weighted by Crippen LogP contribution is 2.22. The number of nitrogens with zero attached hydrogens (tertiary/aromatic N) is 3. The van der Waals surface area contributed by atoms with E-state index in [1.807, 2.05) is 12.1 Å². The van der Waals surface area contributed by atoms with Crippen molar-refractivity contribution < 1.29 is 13.9 Å². The number of halogens is 1. The Morgan fingerprint density at radius 2 is 1.86 bits per heavy atom. The number of hydrogen-bond acceptors (Lipinski definition) is 7. The number of ether oxygens (including phenoxy) is 1. The van der Waals surface area contributed by atoms with Crippen LogP contribution in [-0.4, -0.2) is 55.6 Å². The van der Waals surface area contributed by atoms with E-state index in [1.165, 1.54) is 17.8 Å². The number of pyridine rings is 1. The maximum atomic E-state index is 13.0. The third kappa shape index (κ3) is 7.08. The molecule has 4 N–H and O–H groups in total. The molecule has 4 rings (SSSR count). The highest BCUT2D eigenvalue weighted by Gasteiger charge is 2.17. The van der Waals surface area contributed by atoms with Gasteiger partial charge in [-0.3, -0.25) is 9.69 Å². The van der Waals surface area contributed by atoms with Crippen LogP contribution in [0.5, 0.6) is 5.75 Å². The van der Waals surface area contributed by atoms with Crippen molar-refractivity contribution in [2.24, 2.45) is 0 Å². The van der Waals surface area contributed by atoms with Gasteiger partial charge in [0.25, 0.3) is 0 Å².